The summed E-state index contributed by atoms with van der Waals surface area (Å²) in [5.41, 5.74) is 2.03. The average molecular weight is 539 g/mol. The molecule has 2 aromatic rings. The first-order chi connectivity index (χ1) is 17.3. The predicted octanol–water partition coefficient (Wildman–Crippen LogP) is 7.38. The maximum absolute atomic E-state index is 13.6. The normalized spacial score (nSPS) is 16.1. The second-order valence-corrected chi connectivity index (χ2v) is 13.4. The molecule has 0 bridgehead atoms. The van der Waals surface area contributed by atoms with Gasteiger partial charge in [-0.15, -0.1) is 0 Å². The lowest BCUT2D eigenvalue weighted by atomic mass is 9.98. The highest BCUT2D eigenvalue weighted by molar-refractivity contribution is 7.94. The average Bonchev–Trinajstić information content (AvgIpc) is 2.84. The van der Waals surface area contributed by atoms with Crippen LogP contribution in [0.1, 0.15) is 69.9 Å². The van der Waals surface area contributed by atoms with Crippen LogP contribution >= 0.6 is 7.60 Å². The summed E-state index contributed by atoms with van der Waals surface area (Å²) < 4.78 is 62.9. The molecule has 0 saturated heterocycles. The summed E-state index contributed by atoms with van der Waals surface area (Å²) in [5, 5.41) is 0. The van der Waals surface area contributed by atoms with Crippen molar-refractivity contribution in [2.24, 2.45) is 0 Å². The van der Waals surface area contributed by atoms with Crippen LogP contribution < -0.4 is 4.74 Å². The molecule has 0 heterocycles. The standard InChI is InChI=1S/C27H39O7PS/c1-4-31-35(28,32-5-2)27(36(29,30)34-24-16-7-6-8-17-24)20-12-15-23-14-11-18-25(21-23)33-26-19-10-9-13-22(26)3/h9-11,13-14,18-19,21,24,27H,4-8,12,15-17,20H2,1-3H3. The molecule has 1 unspecified atom stereocenters. The number of ether oxygens (including phenoxy) is 1. The summed E-state index contributed by atoms with van der Waals surface area (Å²) in [4.78, 5) is -1.36. The Hall–Kier alpha value is -1.70. The molecular weight excluding hydrogens is 499 g/mol. The van der Waals surface area contributed by atoms with Crippen LogP contribution in [-0.4, -0.2) is 32.7 Å². The molecular formula is C27H39O7PS. The SMILES string of the molecule is CCOP(=O)(OCC)C(CCCc1cccc(Oc2ccccc2C)c1)S(=O)(=O)OC1CCCCC1. The lowest BCUT2D eigenvalue weighted by Crippen LogP contribution is -2.31. The van der Waals surface area contributed by atoms with Crippen molar-refractivity contribution in [3.63, 3.8) is 0 Å². The Morgan fingerprint density at radius 3 is 2.33 bits per heavy atom. The predicted molar refractivity (Wildman–Crippen MR) is 142 cm³/mol. The van der Waals surface area contributed by atoms with E-state index in [0.29, 0.717) is 31.4 Å². The van der Waals surface area contributed by atoms with Crippen LogP contribution in [0.5, 0.6) is 11.5 Å². The minimum atomic E-state index is -4.17. The van der Waals surface area contributed by atoms with Crippen molar-refractivity contribution in [3.8, 4) is 11.5 Å². The molecule has 1 atom stereocenters. The molecule has 7 nitrogen and oxygen atoms in total. The van der Waals surface area contributed by atoms with Gasteiger partial charge < -0.3 is 13.8 Å². The van der Waals surface area contributed by atoms with Crippen molar-refractivity contribution < 1.29 is 31.0 Å². The van der Waals surface area contributed by atoms with Gasteiger partial charge in [-0.05, 0) is 82.2 Å². The number of aryl methyl sites for hydroxylation is 2. The van der Waals surface area contributed by atoms with Crippen LogP contribution in [0, 0.1) is 6.92 Å². The Kier molecular flexibility index (Phi) is 11.0. The first kappa shape index (κ1) is 28.9. The maximum atomic E-state index is 13.6. The highest BCUT2D eigenvalue weighted by Crippen LogP contribution is 2.57. The molecule has 0 spiro atoms. The first-order valence-electron chi connectivity index (χ1n) is 12.9. The number of rotatable bonds is 14. The van der Waals surface area contributed by atoms with Crippen molar-refractivity contribution in [2.45, 2.75) is 83.2 Å². The summed E-state index contributed by atoms with van der Waals surface area (Å²) in [7, 11) is -8.11. The Morgan fingerprint density at radius 1 is 0.972 bits per heavy atom. The second-order valence-electron chi connectivity index (χ2n) is 9.09. The van der Waals surface area contributed by atoms with Gasteiger partial charge in [0.2, 0.25) is 0 Å². The van der Waals surface area contributed by atoms with Crippen LogP contribution in [0.3, 0.4) is 0 Å². The van der Waals surface area contributed by atoms with E-state index < -0.39 is 22.7 Å². The van der Waals surface area contributed by atoms with Crippen LogP contribution in [0.2, 0.25) is 0 Å². The topological polar surface area (TPSA) is 88.1 Å². The van der Waals surface area contributed by atoms with Gasteiger partial charge in [0.15, 0.2) is 4.99 Å². The van der Waals surface area contributed by atoms with Gasteiger partial charge in [-0.25, -0.2) is 0 Å². The van der Waals surface area contributed by atoms with E-state index in [2.05, 4.69) is 0 Å². The monoisotopic (exact) mass is 538 g/mol. The minimum Gasteiger partial charge on any atom is -0.457 e. The maximum Gasteiger partial charge on any atom is 0.351 e. The van der Waals surface area contributed by atoms with E-state index in [1.54, 1.807) is 13.8 Å². The zero-order valence-electron chi connectivity index (χ0n) is 21.6. The van der Waals surface area contributed by atoms with E-state index in [-0.39, 0.29) is 25.7 Å². The van der Waals surface area contributed by atoms with Gasteiger partial charge in [0.1, 0.15) is 11.5 Å². The van der Waals surface area contributed by atoms with Gasteiger partial charge >= 0.3 is 7.60 Å². The highest BCUT2D eigenvalue weighted by atomic mass is 32.2. The largest absolute Gasteiger partial charge is 0.457 e. The number of hydrogen-bond donors (Lipinski definition) is 0. The number of hydrogen-bond acceptors (Lipinski definition) is 7. The van der Waals surface area contributed by atoms with Crippen LogP contribution in [-0.2, 0) is 34.3 Å². The summed E-state index contributed by atoms with van der Waals surface area (Å²) in [5.74, 6) is 1.50. The lowest BCUT2D eigenvalue weighted by Gasteiger charge is -2.28. The molecule has 3 rings (SSSR count). The summed E-state index contributed by atoms with van der Waals surface area (Å²) in [6.45, 7) is 5.52. The summed E-state index contributed by atoms with van der Waals surface area (Å²) >= 11 is 0. The molecule has 2 aromatic carbocycles. The first-order valence-corrected chi connectivity index (χ1v) is 16.0. The molecule has 200 valence electrons. The number of para-hydroxylation sites is 1. The quantitative estimate of drug-likeness (QED) is 0.183. The zero-order valence-corrected chi connectivity index (χ0v) is 23.3. The van der Waals surface area contributed by atoms with Crippen molar-refractivity contribution in [2.75, 3.05) is 13.2 Å². The zero-order chi connectivity index (χ0) is 26.0. The third-order valence-electron chi connectivity index (χ3n) is 6.26. The van der Waals surface area contributed by atoms with Crippen molar-refractivity contribution in [1.29, 1.82) is 0 Å². The minimum absolute atomic E-state index is 0.0883. The fourth-order valence-electron chi connectivity index (χ4n) is 4.48. The fraction of sp³-hybridized carbons (Fsp3) is 0.556. The van der Waals surface area contributed by atoms with E-state index in [1.165, 1.54) is 0 Å². The van der Waals surface area contributed by atoms with Crippen molar-refractivity contribution >= 4 is 17.7 Å². The molecule has 0 radical (unpaired) electrons. The smallest absolute Gasteiger partial charge is 0.351 e. The lowest BCUT2D eigenvalue weighted by molar-refractivity contribution is 0.158. The fourth-order valence-corrected chi connectivity index (χ4v) is 9.04. The molecule has 0 aromatic heterocycles. The molecule has 1 saturated carbocycles. The molecule has 36 heavy (non-hydrogen) atoms. The molecule has 0 N–H and O–H groups in total. The Bertz CT molecular complexity index is 1100. The Morgan fingerprint density at radius 2 is 1.67 bits per heavy atom. The summed E-state index contributed by atoms with van der Waals surface area (Å²) in [6.07, 6.45) is 5.09. The van der Waals surface area contributed by atoms with Crippen LogP contribution in [0.25, 0.3) is 0 Å². The molecule has 9 heteroatoms. The van der Waals surface area contributed by atoms with E-state index in [0.717, 1.165) is 36.1 Å². The Balaban J connectivity index is 1.72. The molecule has 1 aliphatic rings. The van der Waals surface area contributed by atoms with Crippen molar-refractivity contribution in [3.05, 3.63) is 59.7 Å². The van der Waals surface area contributed by atoms with Gasteiger partial charge in [0, 0.05) is 0 Å². The molecule has 1 fully saturated rings. The van der Waals surface area contributed by atoms with Gasteiger partial charge in [-0.1, -0.05) is 49.6 Å². The number of benzene rings is 2. The van der Waals surface area contributed by atoms with Crippen molar-refractivity contribution in [1.82, 2.24) is 0 Å². The summed E-state index contributed by atoms with van der Waals surface area (Å²) in [6, 6.07) is 15.5. The Labute approximate surface area is 216 Å². The van der Waals surface area contributed by atoms with E-state index in [9.17, 15) is 13.0 Å². The third kappa shape index (κ3) is 8.15. The van der Waals surface area contributed by atoms with E-state index in [4.69, 9.17) is 18.0 Å². The van der Waals surface area contributed by atoms with E-state index in [1.807, 2.05) is 55.5 Å². The molecule has 0 amide bonds. The van der Waals surface area contributed by atoms with Crippen LogP contribution in [0.4, 0.5) is 0 Å². The van der Waals surface area contributed by atoms with Gasteiger partial charge in [0.25, 0.3) is 10.1 Å². The van der Waals surface area contributed by atoms with Gasteiger partial charge in [0.05, 0.1) is 19.3 Å². The molecule has 0 aliphatic heterocycles. The van der Waals surface area contributed by atoms with Crippen LogP contribution in [0.15, 0.2) is 48.5 Å². The molecule has 1 aliphatic carbocycles. The van der Waals surface area contributed by atoms with E-state index >= 15 is 0 Å². The third-order valence-corrected chi connectivity index (χ3v) is 11.5. The highest BCUT2D eigenvalue weighted by Gasteiger charge is 2.46. The van der Waals surface area contributed by atoms with Gasteiger partial charge in [-0.2, -0.15) is 8.42 Å². The van der Waals surface area contributed by atoms with Gasteiger partial charge in [-0.3, -0.25) is 8.75 Å². The second kappa shape index (κ2) is 13.7.